The van der Waals surface area contributed by atoms with Crippen molar-refractivity contribution < 1.29 is 208 Å². The molecule has 0 spiro atoms. The number of aliphatic carboxylic acids is 1. The molecule has 0 aromatic carbocycles. The summed E-state index contributed by atoms with van der Waals surface area (Å²) in [5.74, 6) is -2.35. The molecule has 8 aliphatic rings. The molecule has 1 unspecified atom stereocenters. The maximum absolute atomic E-state index is 12.9. The molecule has 7 N–H and O–H groups in total. The number of nitrogens with zero attached hydrogens (tertiary/aromatic N) is 6. The minimum absolute atomic E-state index is 0. The van der Waals surface area contributed by atoms with Crippen molar-refractivity contribution in [2.45, 2.75) is 260 Å². The Hall–Kier alpha value is -7.09. The van der Waals surface area contributed by atoms with Crippen molar-refractivity contribution in [1.82, 2.24) is 32.7 Å². The van der Waals surface area contributed by atoms with Gasteiger partial charge >= 0.3 is 90.1 Å². The Morgan fingerprint density at radius 1 is 0.450 bits per heavy atom. The quantitative estimate of drug-likeness (QED) is 0.0201. The predicted molar refractivity (Wildman–Crippen MR) is 577 cm³/mol. The van der Waals surface area contributed by atoms with E-state index in [2.05, 4.69) is 130 Å². The summed E-state index contributed by atoms with van der Waals surface area (Å²) >= 11 is 3.38. The first-order valence-electron chi connectivity index (χ1n) is 50.0. The molecule has 3 radical (unpaired) electrons. The van der Waals surface area contributed by atoms with Gasteiger partial charge in [-0.25, -0.2) is 19.2 Å². The van der Waals surface area contributed by atoms with Crippen LogP contribution in [0, 0.1) is 27.7 Å². The molecule has 8 aromatic heterocycles. The Labute approximate surface area is 953 Å². The van der Waals surface area contributed by atoms with Gasteiger partial charge in [-0.05, 0) is 311 Å². The van der Waals surface area contributed by atoms with Crippen LogP contribution in [0.5, 0.6) is 0 Å². The molecule has 4 fully saturated rings. The number of aliphatic hydroxyl groups is 4. The van der Waals surface area contributed by atoms with Crippen molar-refractivity contribution in [2.24, 2.45) is 0 Å². The summed E-state index contributed by atoms with van der Waals surface area (Å²) in [7, 11) is -0.182. The van der Waals surface area contributed by atoms with Crippen LogP contribution in [0.4, 0.5) is 0 Å². The molecular formula is C110H163B2BrN7Na2O26Ti. The van der Waals surface area contributed by atoms with Crippen LogP contribution < -0.4 is 64.4 Å². The molecule has 0 aliphatic carbocycles. The number of morpholine rings is 3. The van der Waals surface area contributed by atoms with Crippen molar-refractivity contribution in [3.05, 3.63) is 198 Å². The van der Waals surface area contributed by atoms with E-state index in [0.29, 0.717) is 104 Å². The number of Topliss-reactive ketones (excluding diaryl/α,β-unsaturated/α-hetero) is 2. The SMILES string of the molecule is C1COCCN1.C=C(c1c(C)c(C(=O)OC(C)C)cc2cc(C3=CCOCC3)cn12)N1CCOCC1.CC(=O)O.CC(C)O.CC(C)O.CC(C)O.CC(C)O.CC1(C)OB(C2=CCOCC2)OC1(C)C.CCOC(=O)c1cc2cc(Br)cn2c(C(C)=O)c1C.CCOC(=O)c1cc2cc(C3=CCOCC3)cn2c(C(C)=O)c1C.Cc1c(C(=O)OC(C)C)cc2cc(C3=CCOCC3)cn2c1C(C)N1CCOCC1.[B].[H-].[Na+].[Na+].[OH-].[Ti]. The molecule has 8 aliphatic heterocycles. The van der Waals surface area contributed by atoms with Crippen LogP contribution in [0.25, 0.3) is 44.5 Å². The van der Waals surface area contributed by atoms with Gasteiger partial charge in [0, 0.05) is 178 Å². The fourth-order valence-electron chi connectivity index (χ4n) is 16.2. The van der Waals surface area contributed by atoms with Crippen molar-refractivity contribution in [3.63, 3.8) is 0 Å². The first-order chi connectivity index (χ1) is 68.0. The van der Waals surface area contributed by atoms with E-state index in [1.165, 1.54) is 41.6 Å². The number of nitrogens with one attached hydrogen (secondary N) is 1. The molecule has 0 saturated carbocycles. The Morgan fingerprint density at radius 3 is 1.08 bits per heavy atom. The molecule has 16 heterocycles. The summed E-state index contributed by atoms with van der Waals surface area (Å²) in [4.78, 5) is 87.6. The van der Waals surface area contributed by atoms with Crippen LogP contribution >= 0.6 is 15.9 Å². The molecule has 4 saturated heterocycles. The van der Waals surface area contributed by atoms with Gasteiger partial charge in [0.25, 0.3) is 5.97 Å². The van der Waals surface area contributed by atoms with Gasteiger partial charge in [-0.3, -0.25) is 19.3 Å². The number of aromatic nitrogens is 4. The van der Waals surface area contributed by atoms with E-state index in [-0.39, 0.29) is 181 Å². The Bertz CT molecular complexity index is 5650. The fraction of sp³-hybridized carbons (Fsp3) is 0.555. The molecule has 1 atom stereocenters. The maximum atomic E-state index is 12.9. The number of ketones is 2. The van der Waals surface area contributed by atoms with E-state index in [1.807, 2.05) is 82.6 Å². The van der Waals surface area contributed by atoms with Crippen molar-refractivity contribution in [1.29, 1.82) is 0 Å². The average Bonchev–Trinajstić information content (AvgIpc) is 1.62. The molecule has 16 rings (SSSR count). The summed E-state index contributed by atoms with van der Waals surface area (Å²) in [6.07, 6.45) is 19.1. The Balaban J connectivity index is 0.00000175. The summed E-state index contributed by atoms with van der Waals surface area (Å²) in [6.45, 7) is 67.6. The second kappa shape index (κ2) is 69.7. The third kappa shape index (κ3) is 44.2. The third-order valence-corrected chi connectivity index (χ3v) is 23.9. The minimum atomic E-state index is -0.833. The van der Waals surface area contributed by atoms with Gasteiger partial charge in [-0.2, -0.15) is 0 Å². The maximum Gasteiger partial charge on any atom is 1.00 e. The van der Waals surface area contributed by atoms with E-state index < -0.39 is 17.9 Å². The fourth-order valence-corrected chi connectivity index (χ4v) is 16.7. The second-order valence-electron chi connectivity index (χ2n) is 38.1. The van der Waals surface area contributed by atoms with E-state index in [0.717, 1.165) is 184 Å². The number of rotatable bonds is 18. The number of hydrogen-bond acceptors (Lipinski definition) is 28. The topological polar surface area (TPSA) is 407 Å². The summed E-state index contributed by atoms with van der Waals surface area (Å²) in [5, 5.41) is 42.8. The van der Waals surface area contributed by atoms with Crippen LogP contribution in [-0.2, 0) is 87.9 Å². The number of halogens is 1. The van der Waals surface area contributed by atoms with Crippen LogP contribution in [0.15, 0.2) is 114 Å². The van der Waals surface area contributed by atoms with Crippen molar-refractivity contribution in [3.8, 4) is 0 Å². The molecule has 149 heavy (non-hydrogen) atoms. The molecular weight excluding hydrogens is 2030 g/mol. The number of esters is 4. The first-order valence-corrected chi connectivity index (χ1v) is 50.8. The van der Waals surface area contributed by atoms with Gasteiger partial charge in [0.2, 0.25) is 0 Å². The van der Waals surface area contributed by atoms with Gasteiger partial charge in [0.15, 0.2) is 11.6 Å². The number of hydrogen-bond donors (Lipinski definition) is 6. The number of pyridine rings is 4. The standard InChI is InChI=1S/C24H32N2O4.C24H30N2O4.C19H21NO4.C14H14BrNO3.C11H19BO3.C4H9NO.4C3H8O.C2H4O2.B.2Na.H2O.Ti.H/c2*1-16(2)30-24(27)22-14-21-13-20(19-5-9-28-10-6-19)15-26(21)23(17(22)3)18(4)25-7-11-29-12-8-25;1-4-24-19(22)17-10-16-9-15(14-5-7-23-8-6-14)11-20(16)18(12(17)2)13(3)21;1-4-19-14(18)12-6-11-5-10(15)7-16(11)13(8(12)2)9(3)17;1-10(2)11(3,4)15-12(14-10)9-5-7-13-8-6-9;1-3-6-4-2-5-1;4*1-3(2)4;1-2(3)4;;;;;;/h5,13-16,18H,6-12H2,1-4H3;5,13-16H,4,6-12H2,1-3H3;5,9-11H,4,6-8H2,1-3H3;5-7H,4H2,1-3H3;5H,6-8H2,1-4H3;5H,1-4H2;4*3-4H,1-2H3;1H3,(H,3,4);;;;1H2;;/q;;;;;;;;;;;;2*+1;;;-1/p-1. The smallest absolute Gasteiger partial charge is 1.00 e. The zero-order valence-corrected chi connectivity index (χ0v) is 101. The van der Waals surface area contributed by atoms with Crippen molar-refractivity contribution in [2.75, 3.05) is 145 Å². The summed E-state index contributed by atoms with van der Waals surface area (Å²) < 4.78 is 79.7. The van der Waals surface area contributed by atoms with Crippen LogP contribution in [0.3, 0.4) is 0 Å². The van der Waals surface area contributed by atoms with Gasteiger partial charge in [-0.1, -0.05) is 30.9 Å². The number of carboxylic acids is 1. The summed E-state index contributed by atoms with van der Waals surface area (Å²) in [5.41, 5.74) is 20.8. The Kier molecular flexibility index (Phi) is 65.5. The third-order valence-electron chi connectivity index (χ3n) is 23.4. The van der Waals surface area contributed by atoms with Gasteiger partial charge in [-0.15, -0.1) is 0 Å². The number of carbonyl (C=O) groups is 7. The summed E-state index contributed by atoms with van der Waals surface area (Å²) in [6, 6.07) is 15.8. The molecule has 0 amide bonds. The van der Waals surface area contributed by atoms with E-state index in [9.17, 15) is 28.8 Å². The monoisotopic (exact) mass is 2190 g/mol. The van der Waals surface area contributed by atoms with E-state index >= 15 is 0 Å². The molecule has 8 aromatic rings. The van der Waals surface area contributed by atoms with Crippen LogP contribution in [0.2, 0.25) is 0 Å². The zero-order valence-electron chi connectivity index (χ0n) is 94.4. The number of aliphatic hydroxyl groups excluding tert-OH is 4. The first kappa shape index (κ1) is 140. The number of ether oxygens (including phenoxy) is 11. The minimum Gasteiger partial charge on any atom is -1.00 e. The zero-order chi connectivity index (χ0) is 107. The normalized spacial score (nSPS) is 16.1. The van der Waals surface area contributed by atoms with Crippen molar-refractivity contribution >= 4 is 117 Å². The molecule has 0 bridgehead atoms. The largest absolute Gasteiger partial charge is 1.00 e. The van der Waals surface area contributed by atoms with E-state index in [1.54, 1.807) is 99.6 Å². The molecule has 33 nitrogen and oxygen atoms in total. The van der Waals surface area contributed by atoms with E-state index in [4.69, 9.17) is 91.7 Å². The Morgan fingerprint density at radius 2 is 0.758 bits per heavy atom. The van der Waals surface area contributed by atoms with Crippen LogP contribution in [-0.4, -0.2) is 308 Å². The molecule has 39 heteroatoms. The van der Waals surface area contributed by atoms with Gasteiger partial charge < -0.3 is 122 Å². The van der Waals surface area contributed by atoms with Gasteiger partial charge in [0.1, 0.15) is 0 Å². The van der Waals surface area contributed by atoms with Gasteiger partial charge in [0.05, 0.1) is 174 Å². The number of carbonyl (C=O) groups excluding carboxylic acids is 6. The second-order valence-corrected chi connectivity index (χ2v) is 39.0. The number of fused-ring (bicyclic) bond motifs is 4. The average molecular weight is 2190 g/mol. The number of carboxylic acid groups (broad SMARTS) is 1. The van der Waals surface area contributed by atoms with Crippen LogP contribution in [0.1, 0.15) is 298 Å². The predicted octanol–water partition coefficient (Wildman–Crippen LogP) is 11.5. The molecule has 813 valence electrons.